The summed E-state index contributed by atoms with van der Waals surface area (Å²) in [5.41, 5.74) is 12.7. The quantitative estimate of drug-likeness (QED) is 0.303. The van der Waals surface area contributed by atoms with Gasteiger partial charge in [-0.25, -0.2) is 0 Å². The Morgan fingerprint density at radius 2 is 1.73 bits per heavy atom. The number of nitrogens with two attached hydrogens (primary N) is 1. The molecular formula is C31H24N6O3. The Hall–Kier alpha value is -5.02. The van der Waals surface area contributed by atoms with E-state index in [1.54, 1.807) is 12.4 Å². The second-order valence-corrected chi connectivity index (χ2v) is 10.6. The van der Waals surface area contributed by atoms with Crippen LogP contribution in [-0.2, 0) is 24.3 Å². The Kier molecular flexibility index (Phi) is 4.72. The second kappa shape index (κ2) is 8.24. The first-order valence-electron chi connectivity index (χ1n) is 13.3. The summed E-state index contributed by atoms with van der Waals surface area (Å²) in [6.07, 6.45) is 3.84. The van der Waals surface area contributed by atoms with Crippen LogP contribution in [0.1, 0.15) is 31.8 Å². The van der Waals surface area contributed by atoms with Crippen LogP contribution in [0.5, 0.6) is 0 Å². The van der Waals surface area contributed by atoms with Crippen molar-refractivity contribution in [3.8, 4) is 0 Å². The van der Waals surface area contributed by atoms with Gasteiger partial charge in [-0.05, 0) is 29.7 Å². The number of carbonyl (C=O) groups excluding carboxylic acids is 3. The number of fused-ring (bicyclic) bond motifs is 10. The molecule has 0 unspecified atom stereocenters. The maximum absolute atomic E-state index is 13.5. The van der Waals surface area contributed by atoms with Crippen LogP contribution < -0.4 is 11.1 Å². The highest BCUT2D eigenvalue weighted by molar-refractivity contribution is 6.39. The van der Waals surface area contributed by atoms with Gasteiger partial charge in [0.25, 0.3) is 11.8 Å². The number of hydrogen-bond acceptors (Lipinski definition) is 5. The molecule has 40 heavy (non-hydrogen) atoms. The molecule has 0 saturated carbocycles. The lowest BCUT2D eigenvalue weighted by Gasteiger charge is -2.24. The molecule has 8 rings (SSSR count). The molecule has 3 amide bonds. The van der Waals surface area contributed by atoms with Crippen molar-refractivity contribution in [2.45, 2.75) is 25.6 Å². The van der Waals surface area contributed by atoms with E-state index >= 15 is 0 Å². The van der Waals surface area contributed by atoms with Gasteiger partial charge in [0.1, 0.15) is 0 Å². The molecule has 3 aromatic carbocycles. The minimum Gasteiger partial charge on any atom is -0.353 e. The molecule has 1 atom stereocenters. The number of benzene rings is 3. The van der Waals surface area contributed by atoms with Crippen molar-refractivity contribution in [3.63, 3.8) is 0 Å². The predicted molar refractivity (Wildman–Crippen MR) is 152 cm³/mol. The Morgan fingerprint density at radius 3 is 2.55 bits per heavy atom. The van der Waals surface area contributed by atoms with Crippen LogP contribution in [-0.4, -0.2) is 49.7 Å². The lowest BCUT2D eigenvalue weighted by molar-refractivity contribution is -0.133. The molecule has 2 aliphatic rings. The van der Waals surface area contributed by atoms with Gasteiger partial charge < -0.3 is 20.2 Å². The highest BCUT2D eigenvalue weighted by Crippen LogP contribution is 2.44. The van der Waals surface area contributed by atoms with Gasteiger partial charge in [0.2, 0.25) is 5.91 Å². The van der Waals surface area contributed by atoms with Crippen LogP contribution in [0.3, 0.4) is 0 Å². The summed E-state index contributed by atoms with van der Waals surface area (Å²) in [7, 11) is 0. The van der Waals surface area contributed by atoms with Crippen LogP contribution in [0.25, 0.3) is 43.6 Å². The fourth-order valence-electron chi connectivity index (χ4n) is 6.65. The zero-order valence-electron chi connectivity index (χ0n) is 21.4. The van der Waals surface area contributed by atoms with Gasteiger partial charge in [0, 0.05) is 59.1 Å². The Morgan fingerprint density at radius 1 is 0.925 bits per heavy atom. The van der Waals surface area contributed by atoms with Crippen molar-refractivity contribution < 1.29 is 14.4 Å². The monoisotopic (exact) mass is 528 g/mol. The molecule has 0 fully saturated rings. The molecule has 9 heteroatoms. The Bertz CT molecular complexity index is 2070. The van der Waals surface area contributed by atoms with Crippen molar-refractivity contribution in [3.05, 3.63) is 89.2 Å². The van der Waals surface area contributed by atoms with E-state index in [9.17, 15) is 14.4 Å². The normalized spacial score (nSPS) is 15.7. The maximum atomic E-state index is 13.5. The first kappa shape index (κ1) is 22.9. The second-order valence-electron chi connectivity index (χ2n) is 10.6. The minimum atomic E-state index is -0.684. The van der Waals surface area contributed by atoms with Crippen molar-refractivity contribution >= 4 is 61.3 Å². The molecule has 0 saturated heterocycles. The average molecular weight is 529 g/mol. The average Bonchev–Trinajstić information content (AvgIpc) is 3.54. The third-order valence-electron chi connectivity index (χ3n) is 8.30. The van der Waals surface area contributed by atoms with E-state index in [-0.39, 0.29) is 17.7 Å². The maximum Gasteiger partial charge on any atom is 0.259 e. The molecule has 0 spiro atoms. The number of carbonyl (C=O) groups is 3. The zero-order valence-corrected chi connectivity index (χ0v) is 21.4. The Balaban J connectivity index is 1.34. The highest BCUT2D eigenvalue weighted by atomic mass is 16.2. The smallest absolute Gasteiger partial charge is 0.259 e. The Labute approximate surface area is 227 Å². The summed E-state index contributed by atoms with van der Waals surface area (Å²) >= 11 is 0. The van der Waals surface area contributed by atoms with Gasteiger partial charge in [-0.1, -0.05) is 42.5 Å². The van der Waals surface area contributed by atoms with Crippen molar-refractivity contribution in [2.75, 3.05) is 6.54 Å². The number of amides is 3. The van der Waals surface area contributed by atoms with Crippen LogP contribution in [0.2, 0.25) is 0 Å². The topological polar surface area (TPSA) is 126 Å². The number of rotatable bonds is 3. The third-order valence-corrected chi connectivity index (χ3v) is 8.30. The van der Waals surface area contributed by atoms with Gasteiger partial charge in [0.15, 0.2) is 0 Å². The molecule has 3 aromatic heterocycles. The van der Waals surface area contributed by atoms with Gasteiger partial charge in [-0.2, -0.15) is 0 Å². The van der Waals surface area contributed by atoms with E-state index in [0.29, 0.717) is 37.2 Å². The summed E-state index contributed by atoms with van der Waals surface area (Å²) in [4.78, 5) is 49.4. The van der Waals surface area contributed by atoms with Crippen LogP contribution in [0.15, 0.2) is 67.0 Å². The molecular weight excluding hydrogens is 504 g/mol. The lowest BCUT2D eigenvalue weighted by atomic mass is 9.96. The number of nitrogens with one attached hydrogen (secondary N) is 2. The van der Waals surface area contributed by atoms with E-state index in [1.165, 1.54) is 0 Å². The van der Waals surface area contributed by atoms with Crippen LogP contribution in [0.4, 0.5) is 0 Å². The number of hydrogen-bond donors (Lipinski definition) is 3. The van der Waals surface area contributed by atoms with E-state index in [4.69, 9.17) is 5.73 Å². The predicted octanol–water partition coefficient (Wildman–Crippen LogP) is 3.62. The van der Waals surface area contributed by atoms with Gasteiger partial charge in [0.05, 0.1) is 33.7 Å². The molecule has 5 heterocycles. The zero-order chi connectivity index (χ0) is 27.1. The molecule has 0 aliphatic carbocycles. The molecule has 0 radical (unpaired) electrons. The highest BCUT2D eigenvalue weighted by Gasteiger charge is 2.36. The molecule has 2 aliphatic heterocycles. The molecule has 4 N–H and O–H groups in total. The summed E-state index contributed by atoms with van der Waals surface area (Å²) in [5.74, 6) is -0.866. The van der Waals surface area contributed by atoms with E-state index in [1.807, 2.05) is 59.5 Å². The number of aromatic amines is 1. The van der Waals surface area contributed by atoms with Gasteiger partial charge >= 0.3 is 0 Å². The summed E-state index contributed by atoms with van der Waals surface area (Å²) in [6, 6.07) is 16.9. The van der Waals surface area contributed by atoms with E-state index in [2.05, 4.69) is 19.9 Å². The fourth-order valence-corrected chi connectivity index (χ4v) is 6.65. The standard InChI is InChI=1S/C31H24N6O3/c32-20(13-16-5-4-10-33-14-16)31(40)36-11-12-37-27-17(15-36)6-3-8-19(27)23-25-24(29(38)35-30(25)39)22-18-7-1-2-9-21(18)34-26(22)28(23)37/h1-10,14,20,34H,11-13,15,32H2,(H,35,38,39)/t20-/m0/s1. The molecule has 0 bridgehead atoms. The first-order valence-corrected chi connectivity index (χ1v) is 13.3. The fraction of sp³-hybridized carbons (Fsp3) is 0.161. The number of para-hydroxylation sites is 2. The third kappa shape index (κ3) is 3.06. The first-order chi connectivity index (χ1) is 19.5. The molecule has 9 nitrogen and oxygen atoms in total. The molecule has 196 valence electrons. The van der Waals surface area contributed by atoms with Crippen LogP contribution >= 0.6 is 0 Å². The van der Waals surface area contributed by atoms with Crippen molar-refractivity contribution in [2.24, 2.45) is 5.73 Å². The summed E-state index contributed by atoms with van der Waals surface area (Å²) < 4.78 is 2.20. The number of nitrogens with zero attached hydrogens (tertiary/aromatic N) is 3. The van der Waals surface area contributed by atoms with Gasteiger partial charge in [-0.3, -0.25) is 24.7 Å². The van der Waals surface area contributed by atoms with Crippen LogP contribution in [0, 0.1) is 0 Å². The lowest BCUT2D eigenvalue weighted by Crippen LogP contribution is -2.45. The summed E-state index contributed by atoms with van der Waals surface area (Å²) in [5, 5.41) is 5.84. The number of aromatic nitrogens is 3. The number of H-pyrrole nitrogens is 1. The molecule has 6 aromatic rings. The number of pyridine rings is 1. The van der Waals surface area contributed by atoms with Gasteiger partial charge in [-0.15, -0.1) is 0 Å². The van der Waals surface area contributed by atoms with Crippen molar-refractivity contribution in [1.82, 2.24) is 24.8 Å². The number of imide groups is 1. The van der Waals surface area contributed by atoms with E-state index < -0.39 is 6.04 Å². The summed E-state index contributed by atoms with van der Waals surface area (Å²) in [6.45, 7) is 1.37. The minimum absolute atomic E-state index is 0.113. The largest absolute Gasteiger partial charge is 0.353 e. The SMILES string of the molecule is N[C@@H](Cc1cccnc1)C(=O)N1CCn2c3c(cccc3c3c4c(c5c6ccccc6[nH]c5c32)C(=O)NC4=O)C1. The van der Waals surface area contributed by atoms with E-state index in [0.717, 1.165) is 54.7 Å². The van der Waals surface area contributed by atoms with Crippen molar-refractivity contribution in [1.29, 1.82) is 0 Å².